The minimum atomic E-state index is -0.242. The zero-order chi connectivity index (χ0) is 9.68. The smallest absolute Gasteiger partial charge is 0.218 e. The van der Waals surface area contributed by atoms with E-state index in [1.807, 2.05) is 5.38 Å². The monoisotopic (exact) mass is 198 g/mol. The molecule has 0 radical (unpaired) electrons. The maximum absolute atomic E-state index is 10.8. The third kappa shape index (κ3) is 3.14. The molecule has 4 heteroatoms. The Kier molecular flexibility index (Phi) is 3.89. The quantitative estimate of drug-likeness (QED) is 0.785. The van der Waals surface area contributed by atoms with E-state index in [2.05, 4.69) is 11.9 Å². The molecule has 1 aromatic heterocycles. The normalized spacial score (nSPS) is 12.7. The molecule has 0 aliphatic rings. The fourth-order valence-corrected chi connectivity index (χ4v) is 2.12. The lowest BCUT2D eigenvalue weighted by Crippen LogP contribution is -2.15. The van der Waals surface area contributed by atoms with E-state index >= 15 is 0 Å². The predicted molar refractivity (Wildman–Crippen MR) is 53.6 cm³/mol. The van der Waals surface area contributed by atoms with Crippen molar-refractivity contribution in [2.75, 3.05) is 0 Å². The maximum atomic E-state index is 10.8. The van der Waals surface area contributed by atoms with Gasteiger partial charge in [-0.25, -0.2) is 4.98 Å². The number of amides is 1. The second-order valence-corrected chi connectivity index (χ2v) is 3.95. The molecule has 0 fully saturated rings. The molecule has 72 valence electrons. The number of nitrogens with zero attached hydrogens (tertiary/aromatic N) is 1. The lowest BCUT2D eigenvalue weighted by molar-refractivity contribution is -0.118. The molecule has 0 spiro atoms. The van der Waals surface area contributed by atoms with E-state index in [4.69, 9.17) is 5.73 Å². The van der Waals surface area contributed by atoms with Gasteiger partial charge in [-0.15, -0.1) is 11.3 Å². The van der Waals surface area contributed by atoms with Gasteiger partial charge >= 0.3 is 0 Å². The van der Waals surface area contributed by atoms with Gasteiger partial charge in [0.15, 0.2) is 0 Å². The molecule has 0 bridgehead atoms. The van der Waals surface area contributed by atoms with E-state index in [-0.39, 0.29) is 11.8 Å². The molecule has 1 rings (SSSR count). The van der Waals surface area contributed by atoms with Crippen molar-refractivity contribution >= 4 is 17.2 Å². The van der Waals surface area contributed by atoms with Gasteiger partial charge in [0.2, 0.25) is 5.91 Å². The fraction of sp³-hybridized carbons (Fsp3) is 0.556. The van der Waals surface area contributed by atoms with Crippen LogP contribution < -0.4 is 5.73 Å². The highest BCUT2D eigenvalue weighted by atomic mass is 32.1. The van der Waals surface area contributed by atoms with Crippen molar-refractivity contribution in [2.24, 2.45) is 5.73 Å². The fourth-order valence-electron chi connectivity index (χ4n) is 1.34. The van der Waals surface area contributed by atoms with Gasteiger partial charge in [0, 0.05) is 23.9 Å². The summed E-state index contributed by atoms with van der Waals surface area (Å²) in [4.78, 5) is 15.0. The zero-order valence-corrected chi connectivity index (χ0v) is 8.51. The molecule has 0 saturated heterocycles. The molecule has 1 heterocycles. The van der Waals surface area contributed by atoms with Gasteiger partial charge in [-0.05, 0) is 6.42 Å². The Labute approximate surface area is 82.0 Å². The van der Waals surface area contributed by atoms with Crippen molar-refractivity contribution in [1.82, 2.24) is 4.98 Å². The average Bonchev–Trinajstić information content (AvgIpc) is 2.54. The van der Waals surface area contributed by atoms with Crippen LogP contribution in [0.25, 0.3) is 0 Å². The second-order valence-electron chi connectivity index (χ2n) is 3.03. The number of thiazole rings is 1. The number of hydrogen-bond donors (Lipinski definition) is 1. The molecule has 1 atom stereocenters. The Morgan fingerprint density at radius 3 is 3.00 bits per heavy atom. The number of aromatic nitrogens is 1. The van der Waals surface area contributed by atoms with Crippen molar-refractivity contribution < 1.29 is 4.79 Å². The zero-order valence-electron chi connectivity index (χ0n) is 7.69. The molecule has 0 aliphatic carbocycles. The molecule has 0 saturated carbocycles. The number of carbonyl (C=O) groups is 1. The lowest BCUT2D eigenvalue weighted by Gasteiger charge is -2.10. The largest absolute Gasteiger partial charge is 0.370 e. The SMILES string of the molecule is CCCC(CC(N)=O)c1nccs1. The van der Waals surface area contributed by atoms with Gasteiger partial charge in [0.05, 0.1) is 5.01 Å². The third-order valence-corrected chi connectivity index (χ3v) is 2.82. The molecule has 2 N–H and O–H groups in total. The van der Waals surface area contributed by atoms with Gasteiger partial charge < -0.3 is 5.73 Å². The lowest BCUT2D eigenvalue weighted by atomic mass is 10.0. The summed E-state index contributed by atoms with van der Waals surface area (Å²) in [5, 5.41) is 2.96. The van der Waals surface area contributed by atoms with Gasteiger partial charge in [0.25, 0.3) is 0 Å². The first-order valence-electron chi connectivity index (χ1n) is 4.41. The van der Waals surface area contributed by atoms with Gasteiger partial charge in [-0.3, -0.25) is 4.79 Å². The Morgan fingerprint density at radius 1 is 1.77 bits per heavy atom. The van der Waals surface area contributed by atoms with E-state index in [1.54, 1.807) is 17.5 Å². The highest BCUT2D eigenvalue weighted by Gasteiger charge is 2.15. The number of rotatable bonds is 5. The first kappa shape index (κ1) is 10.2. The van der Waals surface area contributed by atoms with Crippen LogP contribution in [0.2, 0.25) is 0 Å². The van der Waals surface area contributed by atoms with Crippen molar-refractivity contribution in [3.05, 3.63) is 16.6 Å². The summed E-state index contributed by atoms with van der Waals surface area (Å²) in [6.45, 7) is 2.10. The Hall–Kier alpha value is -0.900. The molecule has 3 nitrogen and oxygen atoms in total. The van der Waals surface area contributed by atoms with E-state index in [9.17, 15) is 4.79 Å². The third-order valence-electron chi connectivity index (χ3n) is 1.89. The van der Waals surface area contributed by atoms with Crippen LogP contribution in [0.15, 0.2) is 11.6 Å². The van der Waals surface area contributed by atoms with Crippen LogP contribution in [0.1, 0.15) is 37.1 Å². The summed E-state index contributed by atoms with van der Waals surface area (Å²) in [5.74, 6) is -0.0175. The van der Waals surface area contributed by atoms with Gasteiger partial charge in [-0.1, -0.05) is 13.3 Å². The van der Waals surface area contributed by atoms with Crippen LogP contribution in [0.4, 0.5) is 0 Å². The highest BCUT2D eigenvalue weighted by molar-refractivity contribution is 7.09. The topological polar surface area (TPSA) is 56.0 Å². The van der Waals surface area contributed by atoms with Crippen LogP contribution in [0.3, 0.4) is 0 Å². The average molecular weight is 198 g/mol. The van der Waals surface area contributed by atoms with Gasteiger partial charge in [-0.2, -0.15) is 0 Å². The molecule has 1 amide bonds. The Bertz CT molecular complexity index is 259. The molecule has 1 unspecified atom stereocenters. The van der Waals surface area contributed by atoms with Crippen molar-refractivity contribution in [1.29, 1.82) is 0 Å². The van der Waals surface area contributed by atoms with Crippen LogP contribution in [-0.4, -0.2) is 10.9 Å². The summed E-state index contributed by atoms with van der Waals surface area (Å²) >= 11 is 1.59. The molecular weight excluding hydrogens is 184 g/mol. The van der Waals surface area contributed by atoms with Crippen LogP contribution >= 0.6 is 11.3 Å². The Morgan fingerprint density at radius 2 is 2.54 bits per heavy atom. The number of nitrogens with two attached hydrogens (primary N) is 1. The van der Waals surface area contributed by atoms with E-state index in [0.717, 1.165) is 17.8 Å². The molecule has 0 aromatic carbocycles. The highest BCUT2D eigenvalue weighted by Crippen LogP contribution is 2.25. The summed E-state index contributed by atoms with van der Waals surface area (Å²) < 4.78 is 0. The first-order chi connectivity index (χ1) is 6.24. The van der Waals surface area contributed by atoms with Crippen LogP contribution in [0, 0.1) is 0 Å². The van der Waals surface area contributed by atoms with E-state index < -0.39 is 0 Å². The number of primary amides is 1. The van der Waals surface area contributed by atoms with Crippen molar-refractivity contribution in [2.45, 2.75) is 32.1 Å². The maximum Gasteiger partial charge on any atom is 0.218 e. The van der Waals surface area contributed by atoms with Gasteiger partial charge in [0.1, 0.15) is 0 Å². The summed E-state index contributed by atoms with van der Waals surface area (Å²) in [7, 11) is 0. The van der Waals surface area contributed by atoms with E-state index in [1.165, 1.54) is 0 Å². The van der Waals surface area contributed by atoms with Crippen molar-refractivity contribution in [3.63, 3.8) is 0 Å². The van der Waals surface area contributed by atoms with Crippen LogP contribution in [-0.2, 0) is 4.79 Å². The minimum Gasteiger partial charge on any atom is -0.370 e. The molecule has 0 aliphatic heterocycles. The predicted octanol–water partition coefficient (Wildman–Crippen LogP) is 1.90. The second kappa shape index (κ2) is 4.97. The van der Waals surface area contributed by atoms with Crippen molar-refractivity contribution in [3.8, 4) is 0 Å². The Balaban J connectivity index is 2.62. The number of carbonyl (C=O) groups excluding carboxylic acids is 1. The first-order valence-corrected chi connectivity index (χ1v) is 5.29. The summed E-state index contributed by atoms with van der Waals surface area (Å²) in [6, 6.07) is 0. The van der Waals surface area contributed by atoms with E-state index in [0.29, 0.717) is 6.42 Å². The molecule has 1 aromatic rings. The van der Waals surface area contributed by atoms with Crippen LogP contribution in [0.5, 0.6) is 0 Å². The number of hydrogen-bond acceptors (Lipinski definition) is 3. The molecule has 13 heavy (non-hydrogen) atoms. The summed E-state index contributed by atoms with van der Waals surface area (Å²) in [5.41, 5.74) is 5.17. The molecular formula is C9H14N2OS. The minimum absolute atomic E-state index is 0.225. The summed E-state index contributed by atoms with van der Waals surface area (Å²) in [6.07, 6.45) is 4.22. The standard InChI is InChI=1S/C9H14N2OS/c1-2-3-7(6-8(10)12)9-11-4-5-13-9/h4-5,7H,2-3,6H2,1H3,(H2,10,12).